The summed E-state index contributed by atoms with van der Waals surface area (Å²) in [4.78, 5) is 11.3. The van der Waals surface area contributed by atoms with Crippen LogP contribution in [0.15, 0.2) is 66.7 Å². The van der Waals surface area contributed by atoms with E-state index in [9.17, 15) is 22.4 Å². The van der Waals surface area contributed by atoms with E-state index in [0.717, 1.165) is 12.1 Å². The molecule has 38 heavy (non-hydrogen) atoms. The van der Waals surface area contributed by atoms with Crippen LogP contribution in [0.4, 0.5) is 17.6 Å². The highest BCUT2D eigenvalue weighted by Gasteiger charge is 2.35. The monoisotopic (exact) mass is 528 g/mol. The molecule has 0 unspecified atom stereocenters. The number of aryl methyl sites for hydroxylation is 1. The minimum absolute atomic E-state index is 0.00512. The molecule has 4 aromatic rings. The van der Waals surface area contributed by atoms with Gasteiger partial charge in [0, 0.05) is 16.5 Å². The van der Waals surface area contributed by atoms with Gasteiger partial charge in [0.15, 0.2) is 0 Å². The first kappa shape index (κ1) is 27.1. The summed E-state index contributed by atoms with van der Waals surface area (Å²) in [5, 5.41) is 9.92. The smallest absolute Gasteiger partial charge is 0.420 e. The van der Waals surface area contributed by atoms with Crippen LogP contribution >= 0.6 is 0 Å². The van der Waals surface area contributed by atoms with Crippen LogP contribution in [0.1, 0.15) is 21.5 Å². The van der Waals surface area contributed by atoms with Gasteiger partial charge in [-0.1, -0.05) is 24.3 Å². The zero-order valence-corrected chi connectivity index (χ0v) is 20.3. The van der Waals surface area contributed by atoms with Gasteiger partial charge in [-0.3, -0.25) is 4.79 Å². The topological polar surface area (TPSA) is 65.0 Å². The first-order valence-electron chi connectivity index (χ1n) is 11.7. The molecule has 0 fully saturated rings. The average molecular weight is 528 g/mol. The Kier molecular flexibility index (Phi) is 8.29. The maximum Gasteiger partial charge on any atom is 0.420 e. The second-order valence-electron chi connectivity index (χ2n) is 8.45. The van der Waals surface area contributed by atoms with Gasteiger partial charge in [0.05, 0.1) is 19.8 Å². The third kappa shape index (κ3) is 6.12. The molecule has 0 saturated heterocycles. The van der Waals surface area contributed by atoms with Crippen molar-refractivity contribution >= 4 is 17.1 Å². The van der Waals surface area contributed by atoms with Crippen molar-refractivity contribution in [3.8, 4) is 28.4 Å². The van der Waals surface area contributed by atoms with E-state index in [4.69, 9.17) is 19.3 Å². The molecule has 0 aliphatic rings. The molecule has 5 nitrogen and oxygen atoms in total. The number of rotatable bonds is 10. The Bertz CT molecular complexity index is 1450. The van der Waals surface area contributed by atoms with Gasteiger partial charge in [0.1, 0.15) is 41.5 Å². The van der Waals surface area contributed by atoms with Crippen molar-refractivity contribution in [2.45, 2.75) is 13.1 Å². The molecule has 1 N–H and O–H groups in total. The van der Waals surface area contributed by atoms with Crippen molar-refractivity contribution in [3.05, 3.63) is 89.2 Å². The predicted octanol–water partition coefficient (Wildman–Crippen LogP) is 6.97. The number of halogens is 4. The number of aliphatic hydroxyl groups excluding tert-OH is 1. The highest BCUT2D eigenvalue weighted by Crippen LogP contribution is 2.44. The van der Waals surface area contributed by atoms with E-state index in [2.05, 4.69) is 0 Å². The molecule has 0 radical (unpaired) electrons. The summed E-state index contributed by atoms with van der Waals surface area (Å²) in [7, 11) is 0. The quantitative estimate of drug-likeness (QED) is 0.137. The molecular weight excluding hydrogens is 504 g/mol. The van der Waals surface area contributed by atoms with Gasteiger partial charge in [-0.05, 0) is 65.9 Å². The predicted molar refractivity (Wildman–Crippen MR) is 134 cm³/mol. The summed E-state index contributed by atoms with van der Waals surface area (Å²) < 4.78 is 72.3. The van der Waals surface area contributed by atoms with E-state index in [0.29, 0.717) is 39.3 Å². The summed E-state index contributed by atoms with van der Waals surface area (Å²) in [6, 6.07) is 15.9. The number of hydrogen-bond acceptors (Lipinski definition) is 5. The number of alkyl halides is 3. The molecule has 0 atom stereocenters. The lowest BCUT2D eigenvalue weighted by Crippen LogP contribution is -2.13. The van der Waals surface area contributed by atoms with Crippen LogP contribution in [-0.2, 0) is 10.9 Å². The largest absolute Gasteiger partial charge is 0.491 e. The lowest BCUT2D eigenvalue weighted by molar-refractivity contribution is -0.139. The Morgan fingerprint density at radius 2 is 1.76 bits per heavy atom. The Balaban J connectivity index is 1.80. The van der Waals surface area contributed by atoms with Crippen LogP contribution in [0, 0.1) is 12.7 Å². The number of ether oxygens (including phenoxy) is 3. The fourth-order valence-electron chi connectivity index (χ4n) is 4.12. The summed E-state index contributed by atoms with van der Waals surface area (Å²) in [5.41, 5.74) is 1.05. The Morgan fingerprint density at radius 1 is 0.947 bits per heavy atom. The van der Waals surface area contributed by atoms with E-state index < -0.39 is 23.3 Å². The summed E-state index contributed by atoms with van der Waals surface area (Å²) in [5.74, 6) is -0.756. The zero-order valence-electron chi connectivity index (χ0n) is 20.3. The molecule has 0 saturated carbocycles. The van der Waals surface area contributed by atoms with Crippen molar-refractivity contribution in [2.75, 3.05) is 26.4 Å². The highest BCUT2D eigenvalue weighted by molar-refractivity contribution is 5.99. The molecule has 0 aliphatic heterocycles. The fourth-order valence-corrected chi connectivity index (χ4v) is 4.12. The number of fused-ring (bicyclic) bond motifs is 1. The molecule has 9 heteroatoms. The van der Waals surface area contributed by atoms with E-state index in [-0.39, 0.29) is 37.9 Å². The highest BCUT2D eigenvalue weighted by atomic mass is 19.4. The van der Waals surface area contributed by atoms with Gasteiger partial charge >= 0.3 is 6.18 Å². The van der Waals surface area contributed by atoms with Crippen LogP contribution in [0.3, 0.4) is 0 Å². The second-order valence-corrected chi connectivity index (χ2v) is 8.45. The normalized spacial score (nSPS) is 11.5. The molecule has 0 spiro atoms. The maximum atomic E-state index is 14.1. The second kappa shape index (κ2) is 11.6. The van der Waals surface area contributed by atoms with Gasteiger partial charge in [-0.25, -0.2) is 4.39 Å². The molecule has 0 aliphatic carbocycles. The molecule has 198 valence electrons. The molecule has 4 aromatic carbocycles. The van der Waals surface area contributed by atoms with Crippen molar-refractivity contribution in [1.29, 1.82) is 0 Å². The van der Waals surface area contributed by atoms with Gasteiger partial charge < -0.3 is 19.3 Å². The molecule has 0 amide bonds. The minimum Gasteiger partial charge on any atom is -0.491 e. The first-order chi connectivity index (χ1) is 18.2. The number of benzene rings is 4. The van der Waals surface area contributed by atoms with Gasteiger partial charge in [-0.2, -0.15) is 13.2 Å². The van der Waals surface area contributed by atoms with Crippen LogP contribution in [0.2, 0.25) is 0 Å². The third-order valence-corrected chi connectivity index (χ3v) is 5.76. The summed E-state index contributed by atoms with van der Waals surface area (Å²) in [6.07, 6.45) is -4.04. The maximum absolute atomic E-state index is 14.1. The van der Waals surface area contributed by atoms with Crippen molar-refractivity contribution in [1.82, 2.24) is 0 Å². The number of aliphatic hydroxyl groups is 1. The summed E-state index contributed by atoms with van der Waals surface area (Å²) >= 11 is 0. The Labute approximate surface area is 216 Å². The van der Waals surface area contributed by atoms with Crippen molar-refractivity contribution < 1.29 is 41.7 Å². The van der Waals surface area contributed by atoms with E-state index in [1.54, 1.807) is 31.2 Å². The number of aldehydes is 1. The zero-order chi connectivity index (χ0) is 27.3. The standard InChI is InChI=1S/C29H24F4O5/c1-18-13-21-14-19(17-35)5-7-24(21)28(27(18)20-3-2-4-22(30)15-20)38-23-6-8-26(25(16-23)29(31,32)33)37-12-11-36-10-9-34/h2-8,13-17,34H,9-12H2,1H3. The SMILES string of the molecule is Cc1cc2cc(C=O)ccc2c(Oc2ccc(OCCOCCO)c(C(F)(F)F)c2)c1-c1cccc(F)c1. The molecule has 4 rings (SSSR count). The van der Waals surface area contributed by atoms with Gasteiger partial charge in [0.25, 0.3) is 0 Å². The van der Waals surface area contributed by atoms with Gasteiger partial charge in [0.2, 0.25) is 0 Å². The van der Waals surface area contributed by atoms with Crippen LogP contribution in [0.25, 0.3) is 21.9 Å². The van der Waals surface area contributed by atoms with Gasteiger partial charge in [-0.15, -0.1) is 0 Å². The third-order valence-electron chi connectivity index (χ3n) is 5.76. The Morgan fingerprint density at radius 3 is 2.47 bits per heavy atom. The number of carbonyl (C=O) groups is 1. The molecular formula is C29H24F4O5. The lowest BCUT2D eigenvalue weighted by Gasteiger charge is -2.19. The van der Waals surface area contributed by atoms with Crippen LogP contribution < -0.4 is 9.47 Å². The molecule has 0 bridgehead atoms. The van der Waals surface area contributed by atoms with Crippen molar-refractivity contribution in [2.24, 2.45) is 0 Å². The number of carbonyl (C=O) groups excluding carboxylic acids is 1. The Hall–Kier alpha value is -3.95. The van der Waals surface area contributed by atoms with Crippen molar-refractivity contribution in [3.63, 3.8) is 0 Å². The van der Waals surface area contributed by atoms with E-state index in [1.165, 1.54) is 24.3 Å². The summed E-state index contributed by atoms with van der Waals surface area (Å²) in [6.45, 7) is 1.48. The van der Waals surface area contributed by atoms with Crippen LogP contribution in [0.5, 0.6) is 17.2 Å². The first-order valence-corrected chi connectivity index (χ1v) is 11.7. The van der Waals surface area contributed by atoms with Crippen LogP contribution in [-0.4, -0.2) is 37.8 Å². The minimum atomic E-state index is -4.74. The molecule has 0 aromatic heterocycles. The lowest BCUT2D eigenvalue weighted by atomic mass is 9.94. The van der Waals surface area contributed by atoms with E-state index in [1.807, 2.05) is 6.07 Å². The fraction of sp³-hybridized carbons (Fsp3) is 0.207. The average Bonchev–Trinajstić information content (AvgIpc) is 2.88. The number of hydrogen-bond donors (Lipinski definition) is 1. The molecule has 0 heterocycles. The van der Waals surface area contributed by atoms with E-state index >= 15 is 0 Å².